The summed E-state index contributed by atoms with van der Waals surface area (Å²) in [5.41, 5.74) is 2.81. The minimum atomic E-state index is -0.618. The Kier molecular flexibility index (Phi) is 4.49. The van der Waals surface area contributed by atoms with E-state index in [4.69, 9.17) is 4.42 Å². The van der Waals surface area contributed by atoms with Crippen LogP contribution < -0.4 is 10.9 Å². The van der Waals surface area contributed by atoms with Crippen LogP contribution >= 0.6 is 0 Å². The minimum absolute atomic E-state index is 0.0930. The van der Waals surface area contributed by atoms with Gasteiger partial charge in [-0.3, -0.25) is 4.79 Å². The molecule has 7 nitrogen and oxygen atoms in total. The van der Waals surface area contributed by atoms with Crippen LogP contribution in [-0.2, 0) is 6.42 Å². The quantitative estimate of drug-likeness (QED) is 0.552. The third-order valence-corrected chi connectivity index (χ3v) is 4.45. The van der Waals surface area contributed by atoms with E-state index in [9.17, 15) is 9.59 Å². The molecule has 0 radical (unpaired) electrons. The van der Waals surface area contributed by atoms with Crippen molar-refractivity contribution in [2.75, 3.05) is 5.32 Å². The van der Waals surface area contributed by atoms with Gasteiger partial charge in [-0.2, -0.15) is 15.0 Å². The van der Waals surface area contributed by atoms with Crippen LogP contribution in [-0.4, -0.2) is 20.9 Å². The number of aromatic nitrogens is 3. The lowest BCUT2D eigenvalue weighted by Gasteiger charge is -2.06. The van der Waals surface area contributed by atoms with Crippen LogP contribution in [0.5, 0.6) is 0 Å². The first-order valence-electron chi connectivity index (χ1n) is 8.92. The van der Waals surface area contributed by atoms with Gasteiger partial charge in [0.2, 0.25) is 0 Å². The Hall–Kier alpha value is -3.74. The van der Waals surface area contributed by atoms with Crippen LogP contribution in [0.1, 0.15) is 28.7 Å². The molecule has 0 saturated carbocycles. The molecule has 0 spiro atoms. The zero-order valence-corrected chi connectivity index (χ0v) is 15.5. The highest BCUT2D eigenvalue weighted by Gasteiger charge is 2.12. The van der Waals surface area contributed by atoms with Gasteiger partial charge in [0.25, 0.3) is 5.91 Å². The lowest BCUT2D eigenvalue weighted by atomic mass is 10.2. The van der Waals surface area contributed by atoms with Crippen LogP contribution in [0.15, 0.2) is 63.8 Å². The average molecular weight is 374 g/mol. The Morgan fingerprint density at radius 1 is 1.11 bits per heavy atom. The van der Waals surface area contributed by atoms with E-state index in [0.29, 0.717) is 22.2 Å². The molecule has 0 saturated heterocycles. The predicted octanol–water partition coefficient (Wildman–Crippen LogP) is 3.50. The maximum Gasteiger partial charge on any atom is 0.360 e. The SMILES string of the molecule is CCc1nn(-c2ccc3cc(NC(=O)c4ccccc4)c(=O)oc3c2)nc1C. The number of hydrogen-bond donors (Lipinski definition) is 1. The van der Waals surface area contributed by atoms with Crippen LogP contribution in [0.25, 0.3) is 16.7 Å². The summed E-state index contributed by atoms with van der Waals surface area (Å²) in [6, 6.07) is 15.6. The smallest absolute Gasteiger partial charge is 0.360 e. The van der Waals surface area contributed by atoms with Gasteiger partial charge in [0.1, 0.15) is 11.3 Å². The second-order valence-electron chi connectivity index (χ2n) is 6.36. The summed E-state index contributed by atoms with van der Waals surface area (Å²) in [6.45, 7) is 3.93. The van der Waals surface area contributed by atoms with E-state index in [0.717, 1.165) is 17.8 Å². The molecule has 0 unspecified atom stereocenters. The van der Waals surface area contributed by atoms with Gasteiger partial charge in [-0.15, -0.1) is 0 Å². The summed E-state index contributed by atoms with van der Waals surface area (Å²) in [7, 11) is 0. The van der Waals surface area contributed by atoms with Crippen molar-refractivity contribution in [3.05, 3.63) is 82.0 Å². The number of nitrogens with one attached hydrogen (secondary N) is 1. The molecule has 7 heteroatoms. The molecule has 0 fully saturated rings. The van der Waals surface area contributed by atoms with E-state index in [1.165, 1.54) is 4.80 Å². The highest BCUT2D eigenvalue weighted by molar-refractivity contribution is 6.04. The molecular formula is C21H18N4O3. The molecule has 2 heterocycles. The number of nitrogens with zero attached hydrogens (tertiary/aromatic N) is 3. The number of carbonyl (C=O) groups is 1. The Morgan fingerprint density at radius 3 is 2.61 bits per heavy atom. The standard InChI is InChI=1S/C21H18N4O3/c1-3-17-13(2)23-25(24-17)16-10-9-15-11-18(21(27)28-19(15)12-16)22-20(26)14-7-5-4-6-8-14/h4-12H,3H2,1-2H3,(H,22,26). The lowest BCUT2D eigenvalue weighted by Crippen LogP contribution is -2.17. The van der Waals surface area contributed by atoms with Crippen LogP contribution in [0.4, 0.5) is 5.69 Å². The molecule has 28 heavy (non-hydrogen) atoms. The molecule has 0 bridgehead atoms. The average Bonchev–Trinajstić information content (AvgIpc) is 3.09. The maximum absolute atomic E-state index is 12.3. The monoisotopic (exact) mass is 374 g/mol. The number of benzene rings is 2. The number of rotatable bonds is 4. The topological polar surface area (TPSA) is 90.0 Å². The van der Waals surface area contributed by atoms with Gasteiger partial charge < -0.3 is 9.73 Å². The first-order chi connectivity index (χ1) is 13.5. The first-order valence-corrected chi connectivity index (χ1v) is 8.92. The summed E-state index contributed by atoms with van der Waals surface area (Å²) in [5.74, 6) is -0.368. The number of amides is 1. The maximum atomic E-state index is 12.3. The van der Waals surface area contributed by atoms with Gasteiger partial charge in [-0.25, -0.2) is 4.79 Å². The fraction of sp³-hybridized carbons (Fsp3) is 0.143. The predicted molar refractivity (Wildman–Crippen MR) is 106 cm³/mol. The lowest BCUT2D eigenvalue weighted by molar-refractivity contribution is 0.102. The molecule has 0 aliphatic rings. The number of carbonyl (C=O) groups excluding carboxylic acids is 1. The van der Waals surface area contributed by atoms with Crippen molar-refractivity contribution in [3.63, 3.8) is 0 Å². The molecule has 0 aliphatic heterocycles. The fourth-order valence-electron chi connectivity index (χ4n) is 2.95. The van der Waals surface area contributed by atoms with Crippen molar-refractivity contribution in [2.45, 2.75) is 20.3 Å². The van der Waals surface area contributed by atoms with E-state index in [2.05, 4.69) is 15.5 Å². The van der Waals surface area contributed by atoms with E-state index in [-0.39, 0.29) is 11.6 Å². The highest BCUT2D eigenvalue weighted by Crippen LogP contribution is 2.20. The minimum Gasteiger partial charge on any atom is -0.421 e. The van der Waals surface area contributed by atoms with Gasteiger partial charge >= 0.3 is 5.63 Å². The van der Waals surface area contributed by atoms with E-state index >= 15 is 0 Å². The molecule has 0 atom stereocenters. The Morgan fingerprint density at radius 2 is 1.89 bits per heavy atom. The normalized spacial score (nSPS) is 10.9. The largest absolute Gasteiger partial charge is 0.421 e. The second kappa shape index (κ2) is 7.11. The van der Waals surface area contributed by atoms with Gasteiger partial charge in [0.15, 0.2) is 0 Å². The summed E-state index contributed by atoms with van der Waals surface area (Å²) < 4.78 is 5.42. The Balaban J connectivity index is 1.68. The highest BCUT2D eigenvalue weighted by atomic mass is 16.4. The number of fused-ring (bicyclic) bond motifs is 1. The summed E-state index contributed by atoms with van der Waals surface area (Å²) in [5, 5.41) is 12.1. The zero-order chi connectivity index (χ0) is 19.7. The fourth-order valence-corrected chi connectivity index (χ4v) is 2.95. The summed E-state index contributed by atoms with van der Waals surface area (Å²) >= 11 is 0. The third-order valence-electron chi connectivity index (χ3n) is 4.45. The molecule has 1 amide bonds. The van der Waals surface area contributed by atoms with Crippen molar-refractivity contribution in [1.29, 1.82) is 0 Å². The van der Waals surface area contributed by atoms with Crippen LogP contribution in [0.2, 0.25) is 0 Å². The molecule has 2 aromatic carbocycles. The van der Waals surface area contributed by atoms with Gasteiger partial charge in [-0.1, -0.05) is 25.1 Å². The molecule has 1 N–H and O–H groups in total. The molecule has 0 aliphatic carbocycles. The van der Waals surface area contributed by atoms with Crippen molar-refractivity contribution in [1.82, 2.24) is 15.0 Å². The number of anilines is 1. The Labute approximate surface area is 160 Å². The van der Waals surface area contributed by atoms with E-state index in [1.807, 2.05) is 26.0 Å². The van der Waals surface area contributed by atoms with Gasteiger partial charge in [-0.05, 0) is 43.7 Å². The molecule has 4 rings (SSSR count). The van der Waals surface area contributed by atoms with Gasteiger partial charge in [0, 0.05) is 17.0 Å². The summed E-state index contributed by atoms with van der Waals surface area (Å²) in [4.78, 5) is 26.2. The van der Waals surface area contributed by atoms with Crippen molar-refractivity contribution < 1.29 is 9.21 Å². The van der Waals surface area contributed by atoms with Gasteiger partial charge in [0.05, 0.1) is 17.1 Å². The third kappa shape index (κ3) is 3.29. The second-order valence-corrected chi connectivity index (χ2v) is 6.36. The number of hydrogen-bond acceptors (Lipinski definition) is 5. The van der Waals surface area contributed by atoms with Crippen molar-refractivity contribution in [3.8, 4) is 5.69 Å². The van der Waals surface area contributed by atoms with E-state index < -0.39 is 5.63 Å². The molecule has 4 aromatic rings. The molecular weight excluding hydrogens is 356 g/mol. The van der Waals surface area contributed by atoms with Crippen molar-refractivity contribution >= 4 is 22.6 Å². The number of aryl methyl sites for hydroxylation is 2. The van der Waals surface area contributed by atoms with Crippen LogP contribution in [0, 0.1) is 6.92 Å². The molecule has 2 aromatic heterocycles. The Bertz CT molecular complexity index is 1230. The molecule has 140 valence electrons. The first kappa shape index (κ1) is 17.7. The zero-order valence-electron chi connectivity index (χ0n) is 15.5. The summed E-state index contributed by atoms with van der Waals surface area (Å²) in [6.07, 6.45) is 0.791. The van der Waals surface area contributed by atoms with Crippen molar-refractivity contribution in [2.24, 2.45) is 0 Å². The van der Waals surface area contributed by atoms with Crippen LogP contribution in [0.3, 0.4) is 0 Å². The van der Waals surface area contributed by atoms with E-state index in [1.54, 1.807) is 42.5 Å².